The van der Waals surface area contributed by atoms with Gasteiger partial charge in [0.15, 0.2) is 6.61 Å². The maximum atomic E-state index is 12.2. The fourth-order valence-electron chi connectivity index (χ4n) is 1.49. The van der Waals surface area contributed by atoms with Crippen LogP contribution in [0.5, 0.6) is 0 Å². The van der Waals surface area contributed by atoms with Gasteiger partial charge < -0.3 is 9.30 Å². The molecule has 3 nitrogen and oxygen atoms in total. The molecule has 0 bridgehead atoms. The van der Waals surface area contributed by atoms with E-state index in [1.807, 2.05) is 13.8 Å². The third-order valence-corrected chi connectivity index (χ3v) is 5.35. The van der Waals surface area contributed by atoms with E-state index in [0.29, 0.717) is 12.3 Å². The van der Waals surface area contributed by atoms with Gasteiger partial charge in [0, 0.05) is 12.3 Å². The number of rotatable bonds is 7. The molecule has 0 saturated heterocycles. The summed E-state index contributed by atoms with van der Waals surface area (Å²) in [6.07, 6.45) is 7.90. The van der Waals surface area contributed by atoms with Gasteiger partial charge in [-0.3, -0.25) is 4.79 Å². The number of terminal acetylenes is 1. The third kappa shape index (κ3) is 6.36. The van der Waals surface area contributed by atoms with Crippen LogP contribution in [0.4, 0.5) is 0 Å². The van der Waals surface area contributed by atoms with Crippen molar-refractivity contribution in [2.75, 3.05) is 25.1 Å². The summed E-state index contributed by atoms with van der Waals surface area (Å²) in [5.74, 6) is 1.78. The average Bonchev–Trinajstić information content (AvgIpc) is 2.15. The van der Waals surface area contributed by atoms with Crippen LogP contribution in [0.2, 0.25) is 0 Å². The van der Waals surface area contributed by atoms with E-state index in [9.17, 15) is 9.36 Å². The average molecular weight is 230 g/mol. The zero-order valence-electron chi connectivity index (χ0n) is 9.49. The first kappa shape index (κ1) is 14.3. The first-order chi connectivity index (χ1) is 7.08. The monoisotopic (exact) mass is 230 g/mol. The van der Waals surface area contributed by atoms with Gasteiger partial charge in [-0.05, 0) is 12.8 Å². The van der Waals surface area contributed by atoms with E-state index in [-0.39, 0.29) is 12.8 Å². The molecule has 15 heavy (non-hydrogen) atoms. The topological polar surface area (TPSA) is 43.4 Å². The van der Waals surface area contributed by atoms with Gasteiger partial charge >= 0.3 is 5.97 Å². The summed E-state index contributed by atoms with van der Waals surface area (Å²) in [7, 11) is -2.36. The molecule has 4 heteroatoms. The molecule has 0 aliphatic carbocycles. The molecule has 0 saturated carbocycles. The molecule has 0 aliphatic heterocycles. The molecule has 0 aromatic rings. The van der Waals surface area contributed by atoms with Crippen LogP contribution >= 0.6 is 7.14 Å². The molecule has 0 spiro atoms. The molecular formula is C11H19O3P. The molecule has 0 aliphatic rings. The second-order valence-corrected chi connectivity index (χ2v) is 6.86. The summed E-state index contributed by atoms with van der Waals surface area (Å²) >= 11 is 0. The van der Waals surface area contributed by atoms with Crippen molar-refractivity contribution in [3.63, 3.8) is 0 Å². The number of esters is 1. The minimum absolute atomic E-state index is 0.0307. The smallest absolute Gasteiger partial charge is 0.314 e. The van der Waals surface area contributed by atoms with E-state index in [2.05, 4.69) is 5.92 Å². The third-order valence-electron chi connectivity index (χ3n) is 2.00. The van der Waals surface area contributed by atoms with Crippen LogP contribution in [0, 0.1) is 12.3 Å². The van der Waals surface area contributed by atoms with E-state index < -0.39 is 13.1 Å². The zero-order chi connectivity index (χ0) is 11.7. The number of carbonyl (C=O) groups is 1. The maximum absolute atomic E-state index is 12.2. The van der Waals surface area contributed by atoms with Crippen LogP contribution in [0.3, 0.4) is 0 Å². The highest BCUT2D eigenvalue weighted by molar-refractivity contribution is 7.64. The summed E-state index contributed by atoms with van der Waals surface area (Å²) in [5, 5.41) is 0. The van der Waals surface area contributed by atoms with Gasteiger partial charge in [-0.2, -0.15) is 0 Å². The van der Waals surface area contributed by atoms with Crippen molar-refractivity contribution in [1.29, 1.82) is 0 Å². The molecule has 0 fully saturated rings. The highest BCUT2D eigenvalue weighted by atomic mass is 31.2. The van der Waals surface area contributed by atoms with Crippen LogP contribution in [0.1, 0.15) is 26.7 Å². The van der Waals surface area contributed by atoms with Crippen LogP contribution in [0.15, 0.2) is 0 Å². The predicted molar refractivity (Wildman–Crippen MR) is 62.6 cm³/mol. The highest BCUT2D eigenvalue weighted by Gasteiger charge is 2.24. The Morgan fingerprint density at radius 3 is 2.27 bits per heavy atom. The first-order valence-electron chi connectivity index (χ1n) is 5.24. The number of hydrogen-bond acceptors (Lipinski definition) is 3. The molecule has 0 heterocycles. The van der Waals surface area contributed by atoms with E-state index in [1.54, 1.807) is 0 Å². The lowest BCUT2D eigenvalue weighted by molar-refractivity contribution is -0.139. The van der Waals surface area contributed by atoms with E-state index in [0.717, 1.165) is 12.8 Å². The Morgan fingerprint density at radius 2 is 1.87 bits per heavy atom. The van der Waals surface area contributed by atoms with Crippen molar-refractivity contribution in [3.8, 4) is 12.3 Å². The molecule has 0 aromatic carbocycles. The second kappa shape index (κ2) is 7.54. The van der Waals surface area contributed by atoms with Gasteiger partial charge in [-0.1, -0.05) is 19.8 Å². The van der Waals surface area contributed by atoms with Crippen LogP contribution in [0.25, 0.3) is 0 Å². The first-order valence-corrected chi connectivity index (χ1v) is 7.50. The zero-order valence-corrected chi connectivity index (χ0v) is 10.4. The maximum Gasteiger partial charge on any atom is 0.314 e. The van der Waals surface area contributed by atoms with Crippen LogP contribution < -0.4 is 0 Å². The normalized spacial score (nSPS) is 10.7. The van der Waals surface area contributed by atoms with Gasteiger partial charge in [-0.25, -0.2) is 0 Å². The highest BCUT2D eigenvalue weighted by Crippen LogP contribution is 2.46. The Bertz CT molecular complexity index is 268. The van der Waals surface area contributed by atoms with Gasteiger partial charge in [0.05, 0.1) is 13.3 Å². The van der Waals surface area contributed by atoms with Gasteiger partial charge in [0.2, 0.25) is 0 Å². The summed E-state index contributed by atoms with van der Waals surface area (Å²) in [6.45, 7) is 3.90. The van der Waals surface area contributed by atoms with Crippen molar-refractivity contribution in [2.24, 2.45) is 0 Å². The molecular weight excluding hydrogens is 211 g/mol. The fraction of sp³-hybridized carbons (Fsp3) is 0.727. The van der Waals surface area contributed by atoms with Crippen LogP contribution in [-0.4, -0.2) is 31.1 Å². The quantitative estimate of drug-likeness (QED) is 0.383. The standard InChI is InChI=1S/C11H19O3P/c1-4-7-14-11(12)10-15(13,8-5-2)9-6-3/h1H,5-10H2,2-3H3. The van der Waals surface area contributed by atoms with Crippen molar-refractivity contribution >= 4 is 13.1 Å². The SMILES string of the molecule is C#CCOC(=O)CP(=O)(CCC)CCC. The van der Waals surface area contributed by atoms with Gasteiger partial charge in [0.1, 0.15) is 0 Å². The lowest BCUT2D eigenvalue weighted by Crippen LogP contribution is -2.13. The van der Waals surface area contributed by atoms with Crippen molar-refractivity contribution in [3.05, 3.63) is 0 Å². The second-order valence-electron chi connectivity index (χ2n) is 3.53. The van der Waals surface area contributed by atoms with Gasteiger partial charge in [0.25, 0.3) is 0 Å². The number of carbonyl (C=O) groups excluding carboxylic acids is 1. The Morgan fingerprint density at radius 1 is 1.33 bits per heavy atom. The summed E-state index contributed by atoms with van der Waals surface area (Å²) < 4.78 is 17.0. The molecule has 0 N–H and O–H groups in total. The molecule has 0 radical (unpaired) electrons. The minimum atomic E-state index is -2.36. The molecule has 86 valence electrons. The molecule has 0 amide bonds. The molecule has 0 atom stereocenters. The lowest BCUT2D eigenvalue weighted by Gasteiger charge is -2.15. The van der Waals surface area contributed by atoms with E-state index in [1.165, 1.54) is 0 Å². The summed E-state index contributed by atoms with van der Waals surface area (Å²) in [4.78, 5) is 11.3. The molecule has 0 rings (SSSR count). The van der Waals surface area contributed by atoms with E-state index in [4.69, 9.17) is 11.2 Å². The summed E-state index contributed by atoms with van der Waals surface area (Å²) in [6, 6.07) is 0. The number of hydrogen-bond donors (Lipinski definition) is 0. The summed E-state index contributed by atoms with van der Waals surface area (Å²) in [5.41, 5.74) is 0. The minimum Gasteiger partial charge on any atom is -0.452 e. The Hall–Kier alpha value is -0.740. The molecule has 0 unspecified atom stereocenters. The predicted octanol–water partition coefficient (Wildman–Crippen LogP) is 2.35. The van der Waals surface area contributed by atoms with Crippen molar-refractivity contribution < 1.29 is 14.1 Å². The van der Waals surface area contributed by atoms with Crippen molar-refractivity contribution in [2.45, 2.75) is 26.7 Å². The Balaban J connectivity index is 4.22. The number of ether oxygens (including phenoxy) is 1. The van der Waals surface area contributed by atoms with Crippen LogP contribution in [-0.2, 0) is 14.1 Å². The fourth-order valence-corrected chi connectivity index (χ4v) is 4.22. The van der Waals surface area contributed by atoms with Gasteiger partial charge in [-0.15, -0.1) is 6.42 Å². The lowest BCUT2D eigenvalue weighted by atomic mass is 10.6. The van der Waals surface area contributed by atoms with E-state index >= 15 is 0 Å². The Kier molecular flexibility index (Phi) is 7.17. The Labute approximate surface area is 92.0 Å². The molecule has 0 aromatic heterocycles. The van der Waals surface area contributed by atoms with Crippen molar-refractivity contribution in [1.82, 2.24) is 0 Å². The largest absolute Gasteiger partial charge is 0.452 e.